The first-order valence-corrected chi connectivity index (χ1v) is 18.1. The molecule has 2 amide bonds. The third-order valence-corrected chi connectivity index (χ3v) is 10.4. The van der Waals surface area contributed by atoms with E-state index in [1.807, 2.05) is 69.3 Å². The number of ether oxygens (including phenoxy) is 2. The van der Waals surface area contributed by atoms with Gasteiger partial charge in [0.15, 0.2) is 6.29 Å². The van der Waals surface area contributed by atoms with E-state index >= 15 is 0 Å². The normalized spacial score (nSPS) is 27.6. The van der Waals surface area contributed by atoms with Gasteiger partial charge in [-0.15, -0.1) is 0 Å². The fourth-order valence-electron chi connectivity index (χ4n) is 7.75. The number of hydrogen-bond donors (Lipinski definition) is 4. The molecule has 10 heteroatoms. The van der Waals surface area contributed by atoms with Crippen LogP contribution < -0.4 is 10.6 Å². The highest BCUT2D eigenvalue weighted by Crippen LogP contribution is 2.44. The standard InChI is InChI=1S/C39H55N3O7/c1-25-33(23-42-31-9-6-5-8-28(31)20-21-32(42)37(47)41-39(2,3)4)48-38(49-36(25)29-16-14-27(24-43)15-17-29)30-18-12-26(13-19-30)22-40-34(44)10-7-11-35(45)46/h12-19,25,28,31-33,36,38,43H,5-11,20-24H2,1-4H3,(H,40,44)(H,41,47)(H,45,46). The number of likely N-dealkylation sites (tertiary alicyclic amines) is 1. The van der Waals surface area contributed by atoms with Crippen molar-refractivity contribution in [3.63, 3.8) is 0 Å². The van der Waals surface area contributed by atoms with Gasteiger partial charge in [0, 0.05) is 49.0 Å². The average molecular weight is 678 g/mol. The molecule has 0 bridgehead atoms. The lowest BCUT2D eigenvalue weighted by Gasteiger charge is -2.51. The van der Waals surface area contributed by atoms with Crippen molar-refractivity contribution in [2.75, 3.05) is 6.54 Å². The molecule has 4 N–H and O–H groups in total. The topological polar surface area (TPSA) is 137 Å². The minimum atomic E-state index is -0.906. The zero-order chi connectivity index (χ0) is 35.1. The van der Waals surface area contributed by atoms with E-state index in [-0.39, 0.29) is 61.0 Å². The molecular formula is C39H55N3O7. The lowest BCUT2D eigenvalue weighted by molar-refractivity contribution is -0.278. The van der Waals surface area contributed by atoms with Gasteiger partial charge < -0.3 is 30.3 Å². The van der Waals surface area contributed by atoms with Crippen molar-refractivity contribution < 1.29 is 34.1 Å². The van der Waals surface area contributed by atoms with Gasteiger partial charge in [-0.25, -0.2) is 0 Å². The largest absolute Gasteiger partial charge is 0.481 e. The number of aliphatic hydroxyl groups excluding tert-OH is 1. The first-order valence-electron chi connectivity index (χ1n) is 18.1. The number of aliphatic hydroxyl groups is 1. The summed E-state index contributed by atoms with van der Waals surface area (Å²) in [4.78, 5) is 39.2. The minimum Gasteiger partial charge on any atom is -0.481 e. The van der Waals surface area contributed by atoms with Gasteiger partial charge in [0.2, 0.25) is 11.8 Å². The Morgan fingerprint density at radius 1 is 0.878 bits per heavy atom. The van der Waals surface area contributed by atoms with Gasteiger partial charge in [-0.3, -0.25) is 19.3 Å². The summed E-state index contributed by atoms with van der Waals surface area (Å²) in [7, 11) is 0. The van der Waals surface area contributed by atoms with Crippen molar-refractivity contribution in [3.8, 4) is 0 Å². The monoisotopic (exact) mass is 677 g/mol. The number of aliphatic carboxylic acids is 1. The second-order valence-electron chi connectivity index (χ2n) is 15.2. The maximum absolute atomic E-state index is 13.8. The molecule has 10 nitrogen and oxygen atoms in total. The molecule has 49 heavy (non-hydrogen) atoms. The molecule has 7 unspecified atom stereocenters. The fraction of sp³-hybridized carbons (Fsp3) is 0.615. The van der Waals surface area contributed by atoms with Crippen molar-refractivity contribution in [1.29, 1.82) is 0 Å². The summed E-state index contributed by atoms with van der Waals surface area (Å²) in [6.45, 7) is 9.20. The van der Waals surface area contributed by atoms with E-state index in [1.54, 1.807) is 0 Å². The predicted molar refractivity (Wildman–Crippen MR) is 186 cm³/mol. The van der Waals surface area contributed by atoms with Crippen molar-refractivity contribution >= 4 is 17.8 Å². The highest BCUT2D eigenvalue weighted by atomic mass is 16.7. The van der Waals surface area contributed by atoms with Crippen molar-refractivity contribution in [2.45, 2.75) is 135 Å². The van der Waals surface area contributed by atoms with E-state index in [0.717, 1.165) is 41.5 Å². The van der Waals surface area contributed by atoms with Gasteiger partial charge in [0.25, 0.3) is 0 Å². The zero-order valence-electron chi connectivity index (χ0n) is 29.5. The molecule has 0 radical (unpaired) electrons. The Morgan fingerprint density at radius 2 is 1.55 bits per heavy atom. The second-order valence-corrected chi connectivity index (χ2v) is 15.2. The number of carbonyl (C=O) groups excluding carboxylic acids is 2. The molecule has 2 saturated heterocycles. The summed E-state index contributed by atoms with van der Waals surface area (Å²) < 4.78 is 13.6. The number of carboxylic acids is 1. The summed E-state index contributed by atoms with van der Waals surface area (Å²) >= 11 is 0. The number of nitrogens with zero attached hydrogens (tertiary/aromatic N) is 1. The Bertz CT molecular complexity index is 1410. The molecule has 1 saturated carbocycles. The molecule has 2 aromatic carbocycles. The van der Waals surface area contributed by atoms with Crippen LogP contribution in [0, 0.1) is 11.8 Å². The van der Waals surface area contributed by atoms with Gasteiger partial charge >= 0.3 is 5.97 Å². The number of rotatable bonds is 12. The van der Waals surface area contributed by atoms with Crippen molar-refractivity contribution in [3.05, 3.63) is 70.8 Å². The van der Waals surface area contributed by atoms with Crippen LogP contribution in [0.3, 0.4) is 0 Å². The third-order valence-electron chi connectivity index (χ3n) is 10.4. The molecule has 7 atom stereocenters. The highest BCUT2D eigenvalue weighted by Gasteiger charge is 2.46. The molecule has 3 fully saturated rings. The Kier molecular flexibility index (Phi) is 12.5. The fourth-order valence-corrected chi connectivity index (χ4v) is 7.75. The van der Waals surface area contributed by atoms with E-state index in [1.165, 1.54) is 19.3 Å². The predicted octanol–water partition coefficient (Wildman–Crippen LogP) is 5.78. The van der Waals surface area contributed by atoms with E-state index in [0.29, 0.717) is 31.5 Å². The van der Waals surface area contributed by atoms with E-state index < -0.39 is 12.3 Å². The molecule has 1 aliphatic carbocycles. The van der Waals surface area contributed by atoms with E-state index in [4.69, 9.17) is 14.6 Å². The van der Waals surface area contributed by atoms with Crippen LogP contribution in [0.2, 0.25) is 0 Å². The van der Waals surface area contributed by atoms with Crippen LogP contribution >= 0.6 is 0 Å². The number of fused-ring (bicyclic) bond motifs is 1. The van der Waals surface area contributed by atoms with Crippen LogP contribution in [0.1, 0.15) is 120 Å². The van der Waals surface area contributed by atoms with Crippen LogP contribution in [0.15, 0.2) is 48.5 Å². The molecule has 2 aromatic rings. The van der Waals surface area contributed by atoms with Crippen LogP contribution in [-0.4, -0.2) is 63.2 Å². The molecule has 3 aliphatic rings. The number of amides is 2. The van der Waals surface area contributed by atoms with Crippen molar-refractivity contribution in [1.82, 2.24) is 15.5 Å². The van der Waals surface area contributed by atoms with Crippen molar-refractivity contribution in [2.24, 2.45) is 11.8 Å². The summed E-state index contributed by atoms with van der Waals surface area (Å²) in [5, 5.41) is 24.6. The van der Waals surface area contributed by atoms with E-state index in [2.05, 4.69) is 22.5 Å². The van der Waals surface area contributed by atoms with Crippen LogP contribution in [0.4, 0.5) is 0 Å². The number of piperidine rings is 1. The lowest BCUT2D eigenvalue weighted by atomic mass is 9.75. The SMILES string of the molecule is CC1C(CN2C(C(=O)NC(C)(C)C)CCC3CCCCC32)OC(c2ccc(CNC(=O)CCCC(=O)O)cc2)OC1c1ccc(CO)cc1. The molecule has 2 aliphatic heterocycles. The number of carbonyl (C=O) groups is 3. The Morgan fingerprint density at radius 3 is 2.22 bits per heavy atom. The first kappa shape index (κ1) is 37.0. The van der Waals surface area contributed by atoms with Crippen LogP contribution in [-0.2, 0) is 37.0 Å². The summed E-state index contributed by atoms with van der Waals surface area (Å²) in [5.41, 5.74) is 3.31. The maximum Gasteiger partial charge on any atom is 0.303 e. The molecule has 5 rings (SSSR count). The van der Waals surface area contributed by atoms with Gasteiger partial charge in [-0.05, 0) is 75.5 Å². The molecule has 0 spiro atoms. The molecule has 0 aromatic heterocycles. The zero-order valence-corrected chi connectivity index (χ0v) is 29.5. The lowest BCUT2D eigenvalue weighted by Crippen LogP contribution is -2.61. The molecule has 2 heterocycles. The summed E-state index contributed by atoms with van der Waals surface area (Å²) in [6.07, 6.45) is 5.96. The molecule has 268 valence electrons. The Labute approximate surface area is 290 Å². The maximum atomic E-state index is 13.8. The average Bonchev–Trinajstić information content (AvgIpc) is 3.07. The van der Waals surface area contributed by atoms with Gasteiger partial charge in [0.1, 0.15) is 0 Å². The highest BCUT2D eigenvalue weighted by molar-refractivity contribution is 5.82. The second kappa shape index (κ2) is 16.6. The quantitative estimate of drug-likeness (QED) is 0.222. The minimum absolute atomic E-state index is 0.0119. The Hall–Kier alpha value is -3.31. The van der Waals surface area contributed by atoms with E-state index in [9.17, 15) is 19.5 Å². The number of benzene rings is 2. The third kappa shape index (κ3) is 9.90. The number of hydrogen-bond acceptors (Lipinski definition) is 7. The first-order chi connectivity index (χ1) is 23.4. The Balaban J connectivity index is 1.36. The van der Waals surface area contributed by atoms with Gasteiger partial charge in [0.05, 0.1) is 24.9 Å². The summed E-state index contributed by atoms with van der Waals surface area (Å²) in [5.74, 6) is -0.416. The number of carboxylic acid groups (broad SMARTS) is 1. The smallest absolute Gasteiger partial charge is 0.303 e. The molecular weight excluding hydrogens is 622 g/mol. The van der Waals surface area contributed by atoms with Gasteiger partial charge in [-0.1, -0.05) is 68.3 Å². The van der Waals surface area contributed by atoms with Crippen LogP contribution in [0.5, 0.6) is 0 Å². The summed E-state index contributed by atoms with van der Waals surface area (Å²) in [6, 6.07) is 15.9. The van der Waals surface area contributed by atoms with Gasteiger partial charge in [-0.2, -0.15) is 0 Å². The van der Waals surface area contributed by atoms with Crippen LogP contribution in [0.25, 0.3) is 0 Å². The number of nitrogens with one attached hydrogen (secondary N) is 2.